The number of hydrogen-bond acceptors (Lipinski definition) is 6. The maximum absolute atomic E-state index is 12.8. The monoisotopic (exact) mass is 412 g/mol. The third-order valence-electron chi connectivity index (χ3n) is 5.10. The minimum absolute atomic E-state index is 0.180. The first-order chi connectivity index (χ1) is 14.9. The summed E-state index contributed by atoms with van der Waals surface area (Å²) in [5, 5.41) is 6.91. The van der Waals surface area contributed by atoms with Gasteiger partial charge >= 0.3 is 0 Å². The molecule has 0 saturated heterocycles. The van der Waals surface area contributed by atoms with Gasteiger partial charge in [-0.1, -0.05) is 6.07 Å². The van der Waals surface area contributed by atoms with Crippen LogP contribution in [0.5, 0.6) is 0 Å². The molecule has 1 aromatic carbocycles. The number of aromatic nitrogens is 3. The normalized spacial score (nSPS) is 10.7. The van der Waals surface area contributed by atoms with Crippen molar-refractivity contribution in [2.75, 3.05) is 36.7 Å². The van der Waals surface area contributed by atoms with Crippen LogP contribution in [0, 0.1) is 6.92 Å². The number of hydrogen-bond donors (Lipinski definition) is 2. The average Bonchev–Trinajstić information content (AvgIpc) is 2.79. The zero-order chi connectivity index (χ0) is 22.0. The molecule has 0 aliphatic rings. The molecule has 0 spiro atoms. The van der Waals surface area contributed by atoms with Gasteiger partial charge in [0, 0.05) is 73.1 Å². The lowest BCUT2D eigenvalue weighted by Crippen LogP contribution is -2.14. The molecule has 3 heterocycles. The fourth-order valence-corrected chi connectivity index (χ4v) is 3.33. The van der Waals surface area contributed by atoms with Gasteiger partial charge in [-0.25, -0.2) is 4.98 Å². The van der Waals surface area contributed by atoms with E-state index in [1.165, 1.54) is 0 Å². The van der Waals surface area contributed by atoms with E-state index in [2.05, 4.69) is 25.6 Å². The summed E-state index contributed by atoms with van der Waals surface area (Å²) in [4.78, 5) is 28.2. The van der Waals surface area contributed by atoms with Crippen LogP contribution in [0.15, 0.2) is 61.1 Å². The molecule has 4 rings (SSSR count). The molecule has 2 N–H and O–H groups in total. The van der Waals surface area contributed by atoms with E-state index in [0.29, 0.717) is 11.3 Å². The maximum atomic E-state index is 12.8. The Kier molecular flexibility index (Phi) is 5.49. The number of nitrogens with zero attached hydrogens (tertiary/aromatic N) is 4. The number of carbonyl (C=O) groups is 1. The molecule has 0 unspecified atom stereocenters. The molecule has 0 aliphatic carbocycles. The molecule has 1 amide bonds. The van der Waals surface area contributed by atoms with E-state index in [4.69, 9.17) is 0 Å². The molecule has 3 aromatic heterocycles. The highest BCUT2D eigenvalue weighted by atomic mass is 16.1. The van der Waals surface area contributed by atoms with Crippen molar-refractivity contribution in [1.29, 1.82) is 0 Å². The van der Waals surface area contributed by atoms with Crippen LogP contribution in [0.25, 0.3) is 22.0 Å². The van der Waals surface area contributed by atoms with Gasteiger partial charge in [-0.2, -0.15) is 0 Å². The van der Waals surface area contributed by atoms with Gasteiger partial charge in [-0.05, 0) is 37.3 Å². The highest BCUT2D eigenvalue weighted by Gasteiger charge is 2.11. The Morgan fingerprint density at radius 2 is 1.81 bits per heavy atom. The Labute approximate surface area is 181 Å². The van der Waals surface area contributed by atoms with Crippen molar-refractivity contribution in [2.45, 2.75) is 6.92 Å². The number of pyridine rings is 3. The number of benzene rings is 1. The van der Waals surface area contributed by atoms with Gasteiger partial charge in [0.05, 0.1) is 17.4 Å². The number of fused-ring (bicyclic) bond motifs is 1. The van der Waals surface area contributed by atoms with Crippen LogP contribution in [0.1, 0.15) is 16.1 Å². The fourth-order valence-electron chi connectivity index (χ4n) is 3.33. The van der Waals surface area contributed by atoms with Crippen molar-refractivity contribution >= 4 is 34.0 Å². The zero-order valence-corrected chi connectivity index (χ0v) is 18.0. The molecule has 7 nitrogen and oxygen atoms in total. The van der Waals surface area contributed by atoms with Gasteiger partial charge in [0.15, 0.2) is 0 Å². The molecule has 0 radical (unpaired) electrons. The topological polar surface area (TPSA) is 83.0 Å². The molecular weight excluding hydrogens is 388 g/mol. The molecule has 0 fully saturated rings. The van der Waals surface area contributed by atoms with Crippen LogP contribution in [0.4, 0.5) is 17.2 Å². The van der Waals surface area contributed by atoms with E-state index in [9.17, 15) is 4.79 Å². The molecule has 7 heteroatoms. The van der Waals surface area contributed by atoms with E-state index in [1.807, 2.05) is 75.6 Å². The van der Waals surface area contributed by atoms with Crippen molar-refractivity contribution in [3.63, 3.8) is 0 Å². The Bertz CT molecular complexity index is 1270. The second-order valence-corrected chi connectivity index (χ2v) is 7.49. The van der Waals surface area contributed by atoms with Crippen LogP contribution >= 0.6 is 0 Å². The lowest BCUT2D eigenvalue weighted by molar-refractivity contribution is 0.102. The minimum Gasteiger partial charge on any atom is -0.378 e. The summed E-state index contributed by atoms with van der Waals surface area (Å²) in [6.45, 7) is 1.94. The molecule has 156 valence electrons. The molecule has 4 aromatic rings. The Balaban J connectivity index is 1.63. The third kappa shape index (κ3) is 4.30. The average molecular weight is 412 g/mol. The van der Waals surface area contributed by atoms with E-state index in [-0.39, 0.29) is 5.91 Å². The van der Waals surface area contributed by atoms with Crippen LogP contribution in [-0.4, -0.2) is 42.0 Å². The first kappa shape index (κ1) is 20.3. The van der Waals surface area contributed by atoms with Gasteiger partial charge in [0.1, 0.15) is 5.82 Å². The van der Waals surface area contributed by atoms with Gasteiger partial charge in [-0.15, -0.1) is 0 Å². The lowest BCUT2D eigenvalue weighted by atomic mass is 10.0. The SMILES string of the molecule is CNc1cc2ncc(-c3cc(NC(=O)c4cccc(N(C)C)c4)cnc3C)cc2cn1. The number of carbonyl (C=O) groups excluding carboxylic acids is 1. The number of nitrogens with one attached hydrogen (secondary N) is 2. The number of amides is 1. The fraction of sp³-hybridized carbons (Fsp3) is 0.167. The van der Waals surface area contributed by atoms with E-state index in [0.717, 1.165) is 39.2 Å². The lowest BCUT2D eigenvalue weighted by Gasteiger charge is -2.14. The standard InChI is InChI=1S/C24H24N6O/c1-15-21(17-8-18-13-28-23(25-2)11-22(18)27-12-17)10-19(14-26-15)29-24(31)16-6-5-7-20(9-16)30(3)4/h5-14H,1-4H3,(H,25,28)(H,29,31). The van der Waals surface area contributed by atoms with Crippen molar-refractivity contribution in [2.24, 2.45) is 0 Å². The number of anilines is 3. The van der Waals surface area contributed by atoms with Gasteiger partial charge in [-0.3, -0.25) is 14.8 Å². The number of rotatable bonds is 5. The third-order valence-corrected chi connectivity index (χ3v) is 5.10. The summed E-state index contributed by atoms with van der Waals surface area (Å²) >= 11 is 0. The molecule has 0 saturated carbocycles. The quantitative estimate of drug-likeness (QED) is 0.507. The highest BCUT2D eigenvalue weighted by molar-refractivity contribution is 6.05. The largest absolute Gasteiger partial charge is 0.378 e. The summed E-state index contributed by atoms with van der Waals surface area (Å²) in [5.41, 5.74) is 5.73. The van der Waals surface area contributed by atoms with Crippen LogP contribution in [0.3, 0.4) is 0 Å². The predicted molar refractivity (Wildman–Crippen MR) is 126 cm³/mol. The van der Waals surface area contributed by atoms with Gasteiger partial charge < -0.3 is 15.5 Å². The first-order valence-corrected chi connectivity index (χ1v) is 9.94. The zero-order valence-electron chi connectivity index (χ0n) is 18.0. The summed E-state index contributed by atoms with van der Waals surface area (Å²) in [6.07, 6.45) is 5.28. The summed E-state index contributed by atoms with van der Waals surface area (Å²) in [7, 11) is 5.72. The van der Waals surface area contributed by atoms with E-state index >= 15 is 0 Å². The van der Waals surface area contributed by atoms with Crippen LogP contribution < -0.4 is 15.5 Å². The van der Waals surface area contributed by atoms with E-state index < -0.39 is 0 Å². The predicted octanol–water partition coefficient (Wildman–Crippen LogP) is 4.36. The summed E-state index contributed by atoms with van der Waals surface area (Å²) in [5.74, 6) is 0.592. The minimum atomic E-state index is -0.180. The molecule has 0 atom stereocenters. The van der Waals surface area contributed by atoms with Crippen molar-refractivity contribution in [3.05, 3.63) is 72.3 Å². The van der Waals surface area contributed by atoms with Crippen molar-refractivity contribution in [3.8, 4) is 11.1 Å². The van der Waals surface area contributed by atoms with Crippen LogP contribution in [-0.2, 0) is 0 Å². The first-order valence-electron chi connectivity index (χ1n) is 9.94. The summed E-state index contributed by atoms with van der Waals surface area (Å²) in [6, 6.07) is 13.4. The molecule has 31 heavy (non-hydrogen) atoms. The number of aryl methyl sites for hydroxylation is 1. The van der Waals surface area contributed by atoms with E-state index in [1.54, 1.807) is 18.5 Å². The molecular formula is C24H24N6O. The molecule has 0 aliphatic heterocycles. The van der Waals surface area contributed by atoms with Gasteiger partial charge in [0.25, 0.3) is 5.91 Å². The van der Waals surface area contributed by atoms with Gasteiger partial charge in [0.2, 0.25) is 0 Å². The molecule has 0 bridgehead atoms. The van der Waals surface area contributed by atoms with Crippen molar-refractivity contribution in [1.82, 2.24) is 15.0 Å². The maximum Gasteiger partial charge on any atom is 0.255 e. The Hall–Kier alpha value is -4.00. The smallest absolute Gasteiger partial charge is 0.255 e. The Morgan fingerprint density at radius 3 is 2.58 bits per heavy atom. The van der Waals surface area contributed by atoms with Crippen LogP contribution in [0.2, 0.25) is 0 Å². The highest BCUT2D eigenvalue weighted by Crippen LogP contribution is 2.28. The van der Waals surface area contributed by atoms with Crippen molar-refractivity contribution < 1.29 is 4.79 Å². The second kappa shape index (κ2) is 8.39. The second-order valence-electron chi connectivity index (χ2n) is 7.49. The summed E-state index contributed by atoms with van der Waals surface area (Å²) < 4.78 is 0. The Morgan fingerprint density at radius 1 is 0.968 bits per heavy atom.